The van der Waals surface area contributed by atoms with Crippen LogP contribution in [-0.2, 0) is 16.0 Å². The van der Waals surface area contributed by atoms with Crippen LogP contribution in [0.25, 0.3) is 17.0 Å². The van der Waals surface area contributed by atoms with Crippen molar-refractivity contribution in [1.82, 2.24) is 15.3 Å². The second-order valence-electron chi connectivity index (χ2n) is 5.37. The van der Waals surface area contributed by atoms with Crippen LogP contribution >= 0.6 is 0 Å². The third kappa shape index (κ3) is 4.05. The first-order chi connectivity index (χ1) is 12.5. The minimum Gasteiger partial charge on any atom is -0.467 e. The number of rotatable bonds is 7. The molecule has 7 nitrogen and oxygen atoms in total. The first kappa shape index (κ1) is 18.7. The minimum absolute atomic E-state index is 0.210. The number of carbonyl (C=O) groups is 2. The van der Waals surface area contributed by atoms with E-state index in [9.17, 15) is 9.59 Å². The van der Waals surface area contributed by atoms with Gasteiger partial charge in [-0.1, -0.05) is 25.3 Å². The van der Waals surface area contributed by atoms with Gasteiger partial charge in [-0.25, -0.2) is 9.78 Å². The maximum Gasteiger partial charge on any atom is 0.341 e. The number of aromatic amines is 1. The zero-order valence-corrected chi connectivity index (χ0v) is 14.4. The number of benzene rings is 1. The normalized spacial score (nSPS) is 11.1. The molecule has 1 aromatic heterocycles. The molecule has 0 aliphatic heterocycles. The van der Waals surface area contributed by atoms with Gasteiger partial charge in [-0.3, -0.25) is 4.79 Å². The fourth-order valence-electron chi connectivity index (χ4n) is 2.51. The second kappa shape index (κ2) is 8.44. The van der Waals surface area contributed by atoms with Gasteiger partial charge < -0.3 is 15.0 Å². The topological polar surface area (TPSA) is 88.4 Å². The summed E-state index contributed by atoms with van der Waals surface area (Å²) in [7, 11) is 1.26. The maximum absolute atomic E-state index is 12.9. The molecule has 0 saturated carbocycles. The Bertz CT molecular complexity index is 850. The van der Waals surface area contributed by atoms with Gasteiger partial charge in [0.1, 0.15) is 6.04 Å². The van der Waals surface area contributed by atoms with Gasteiger partial charge >= 0.3 is 11.7 Å². The molecule has 0 radical (unpaired) electrons. The van der Waals surface area contributed by atoms with Crippen LogP contribution < -0.4 is 5.32 Å². The summed E-state index contributed by atoms with van der Waals surface area (Å²) in [6.07, 6.45) is 6.30. The summed E-state index contributed by atoms with van der Waals surface area (Å²) < 4.78 is 4.79. The van der Waals surface area contributed by atoms with E-state index in [0.717, 1.165) is 0 Å². The van der Waals surface area contributed by atoms with E-state index < -0.39 is 17.9 Å². The number of ether oxygens (including phenoxy) is 1. The van der Waals surface area contributed by atoms with Crippen molar-refractivity contribution in [3.05, 3.63) is 65.0 Å². The summed E-state index contributed by atoms with van der Waals surface area (Å²) in [6.45, 7) is 12.8. The van der Waals surface area contributed by atoms with Gasteiger partial charge in [0.05, 0.1) is 19.0 Å². The van der Waals surface area contributed by atoms with Gasteiger partial charge in [0, 0.05) is 30.4 Å². The molecule has 0 saturated heterocycles. The number of hydrogen-bond acceptors (Lipinski definition) is 4. The number of hydrogen-bond donors (Lipinski definition) is 2. The summed E-state index contributed by atoms with van der Waals surface area (Å²) >= 11 is 0. The van der Waals surface area contributed by atoms with E-state index in [4.69, 9.17) is 11.3 Å². The van der Waals surface area contributed by atoms with Crippen molar-refractivity contribution in [2.75, 3.05) is 7.11 Å². The third-order valence-corrected chi connectivity index (χ3v) is 3.77. The van der Waals surface area contributed by atoms with Gasteiger partial charge in [0.25, 0.3) is 12.5 Å². The largest absolute Gasteiger partial charge is 0.467 e. The number of methoxy groups -OCH3 is 1. The quantitative estimate of drug-likeness (QED) is 0.751. The molecule has 0 aliphatic rings. The molecule has 7 heteroatoms. The molecule has 1 aromatic carbocycles. The van der Waals surface area contributed by atoms with Gasteiger partial charge in [0.2, 0.25) is 0 Å². The molecule has 1 atom stereocenters. The van der Waals surface area contributed by atoms with Crippen molar-refractivity contribution in [2.24, 2.45) is 0 Å². The van der Waals surface area contributed by atoms with Crippen molar-refractivity contribution in [1.29, 1.82) is 0 Å². The Morgan fingerprint density at radius 2 is 2.04 bits per heavy atom. The highest BCUT2D eigenvalue weighted by Crippen LogP contribution is 2.25. The van der Waals surface area contributed by atoms with Gasteiger partial charge in [-0.2, -0.15) is 0 Å². The average Bonchev–Trinajstić information content (AvgIpc) is 3.18. The molecule has 2 aromatic rings. The Labute approximate surface area is 151 Å². The highest BCUT2D eigenvalue weighted by molar-refractivity contribution is 6.03. The van der Waals surface area contributed by atoms with Crippen LogP contribution in [0.4, 0.5) is 5.69 Å². The third-order valence-electron chi connectivity index (χ3n) is 3.77. The van der Waals surface area contributed by atoms with Crippen LogP contribution in [0.5, 0.6) is 0 Å². The van der Waals surface area contributed by atoms with E-state index in [1.54, 1.807) is 18.3 Å². The number of nitrogens with one attached hydrogen (secondary N) is 2. The SMILES string of the molecule is C#[N+]c1cc(C=C)c(C(=O)N[C@H](Cc2cnc[nH]2)C(=O)OC)c(C=C)c1. The Balaban J connectivity index is 2.37. The number of esters is 1. The zero-order chi connectivity index (χ0) is 19.1. The van der Waals surface area contributed by atoms with E-state index in [0.29, 0.717) is 28.1 Å². The molecule has 0 bridgehead atoms. The number of amides is 1. The monoisotopic (exact) mass is 351 g/mol. The maximum atomic E-state index is 12.9. The van der Waals surface area contributed by atoms with Crippen LogP contribution in [0.15, 0.2) is 37.8 Å². The predicted octanol–water partition coefficient (Wildman–Crippen LogP) is 2.80. The molecule has 2 N–H and O–H groups in total. The number of H-pyrrole nitrogens is 1. The highest BCUT2D eigenvalue weighted by Gasteiger charge is 2.26. The summed E-state index contributed by atoms with van der Waals surface area (Å²) in [4.78, 5) is 35.4. The van der Waals surface area contributed by atoms with Crippen molar-refractivity contribution < 1.29 is 14.3 Å². The lowest BCUT2D eigenvalue weighted by atomic mass is 9.98. The molecule has 0 fully saturated rings. The van der Waals surface area contributed by atoms with E-state index in [1.807, 2.05) is 0 Å². The number of carbonyl (C=O) groups excluding carboxylic acids is 2. The fourth-order valence-corrected chi connectivity index (χ4v) is 2.51. The van der Waals surface area contributed by atoms with Crippen molar-refractivity contribution in [3.63, 3.8) is 0 Å². The second-order valence-corrected chi connectivity index (χ2v) is 5.37. The Hall–Kier alpha value is -3.66. The van der Waals surface area contributed by atoms with Crippen LogP contribution in [0.2, 0.25) is 0 Å². The van der Waals surface area contributed by atoms with Crippen LogP contribution in [-0.4, -0.2) is 35.0 Å². The van der Waals surface area contributed by atoms with Crippen molar-refractivity contribution >= 4 is 29.7 Å². The molecule has 26 heavy (non-hydrogen) atoms. The number of aromatic nitrogens is 2. The number of imidazole rings is 1. The lowest BCUT2D eigenvalue weighted by Gasteiger charge is -2.17. The Morgan fingerprint density at radius 3 is 2.50 bits per heavy atom. The molecular formula is C19H19N4O3+. The average molecular weight is 351 g/mol. The molecule has 0 spiro atoms. The minimum atomic E-state index is -0.887. The highest BCUT2D eigenvalue weighted by atomic mass is 16.5. The van der Waals surface area contributed by atoms with Gasteiger partial charge in [-0.15, -0.1) is 0 Å². The van der Waals surface area contributed by atoms with E-state index >= 15 is 0 Å². The molecular weight excluding hydrogens is 332 g/mol. The lowest BCUT2D eigenvalue weighted by molar-refractivity contribution is -0.142. The van der Waals surface area contributed by atoms with Crippen molar-refractivity contribution in [2.45, 2.75) is 12.5 Å². The Morgan fingerprint density at radius 1 is 1.38 bits per heavy atom. The van der Waals surface area contributed by atoms with E-state index in [-0.39, 0.29) is 6.42 Å². The zero-order valence-electron chi connectivity index (χ0n) is 14.4. The molecule has 0 aliphatic carbocycles. The molecule has 2 rings (SSSR count). The van der Waals surface area contributed by atoms with Crippen molar-refractivity contribution in [3.8, 4) is 6.57 Å². The summed E-state index contributed by atoms with van der Waals surface area (Å²) in [5.41, 5.74) is 2.53. The van der Waals surface area contributed by atoms with Gasteiger partial charge in [-0.05, 0) is 16.0 Å². The fraction of sp³-hybridized carbons (Fsp3) is 0.158. The smallest absolute Gasteiger partial charge is 0.341 e. The van der Waals surface area contributed by atoms with E-state index in [2.05, 4.69) is 33.3 Å². The first-order valence-corrected chi connectivity index (χ1v) is 7.73. The summed E-state index contributed by atoms with van der Waals surface area (Å²) in [6, 6.07) is 2.36. The lowest BCUT2D eigenvalue weighted by Crippen LogP contribution is -2.43. The molecule has 0 unspecified atom stereocenters. The van der Waals surface area contributed by atoms with Crippen LogP contribution in [0, 0.1) is 6.57 Å². The standard InChI is InChI=1S/C19H18N4O3/c1-5-12-7-14(20-3)8-13(6-2)17(12)18(24)23-16(19(25)26-4)9-15-10-21-11-22-15/h3,5-8,10-11,16H,1-2,9H2,4H3,(H-,21,22,23,24)/p+1/t16-/m1/s1. The van der Waals surface area contributed by atoms with Gasteiger partial charge in [0.15, 0.2) is 0 Å². The summed E-state index contributed by atoms with van der Waals surface area (Å²) in [5.74, 6) is -1.03. The predicted molar refractivity (Wildman–Crippen MR) is 100 cm³/mol. The molecule has 132 valence electrons. The Kier molecular flexibility index (Phi) is 6.06. The van der Waals surface area contributed by atoms with Crippen LogP contribution in [0.3, 0.4) is 0 Å². The molecule has 1 heterocycles. The number of nitrogens with zero attached hydrogens (tertiary/aromatic N) is 2. The van der Waals surface area contributed by atoms with E-state index in [1.165, 1.54) is 25.6 Å². The first-order valence-electron chi connectivity index (χ1n) is 7.73. The molecule has 1 amide bonds. The summed E-state index contributed by atoms with van der Waals surface area (Å²) in [5, 5.41) is 2.69. The van der Waals surface area contributed by atoms with Crippen LogP contribution in [0.1, 0.15) is 27.2 Å².